The fourth-order valence-corrected chi connectivity index (χ4v) is 3.52. The lowest BCUT2D eigenvalue weighted by atomic mass is 10.1. The Balaban J connectivity index is 1.79. The van der Waals surface area contributed by atoms with Gasteiger partial charge in [-0.25, -0.2) is 4.99 Å². The number of hydrogen-bond donors (Lipinski definition) is 0. The number of halogens is 1. The lowest BCUT2D eigenvalue weighted by Crippen LogP contribution is -2.32. The molecule has 0 unspecified atom stereocenters. The van der Waals surface area contributed by atoms with E-state index in [0.29, 0.717) is 16.6 Å². The summed E-state index contributed by atoms with van der Waals surface area (Å²) in [5.74, 6) is 0.357. The average molecular weight is 416 g/mol. The van der Waals surface area contributed by atoms with Gasteiger partial charge in [0.2, 0.25) is 0 Å². The highest BCUT2D eigenvalue weighted by Crippen LogP contribution is 2.30. The molecule has 0 aliphatic carbocycles. The summed E-state index contributed by atoms with van der Waals surface area (Å²) in [6, 6.07) is 23.2. The zero-order chi connectivity index (χ0) is 21.3. The van der Waals surface area contributed by atoms with Crippen LogP contribution in [0.3, 0.4) is 0 Å². The summed E-state index contributed by atoms with van der Waals surface area (Å²) >= 11 is 6.44. The van der Waals surface area contributed by atoms with Crippen molar-refractivity contribution in [3.05, 3.63) is 100 Å². The molecule has 0 radical (unpaired) electrons. The number of benzene rings is 3. The van der Waals surface area contributed by atoms with E-state index >= 15 is 0 Å². The summed E-state index contributed by atoms with van der Waals surface area (Å²) in [6.07, 6.45) is 1.81. The molecule has 0 spiro atoms. The highest BCUT2D eigenvalue weighted by atomic mass is 35.5. The van der Waals surface area contributed by atoms with Crippen LogP contribution < -0.4 is 9.80 Å². The zero-order valence-electron chi connectivity index (χ0n) is 17.1. The van der Waals surface area contributed by atoms with Gasteiger partial charge < -0.3 is 4.90 Å². The first-order valence-corrected chi connectivity index (χ1v) is 10.1. The third-order valence-corrected chi connectivity index (χ3v) is 5.31. The summed E-state index contributed by atoms with van der Waals surface area (Å²) < 4.78 is 0. The van der Waals surface area contributed by atoms with Crippen molar-refractivity contribution in [3.8, 4) is 0 Å². The van der Waals surface area contributed by atoms with Gasteiger partial charge in [-0.1, -0.05) is 53.6 Å². The van der Waals surface area contributed by atoms with E-state index in [-0.39, 0.29) is 5.91 Å². The van der Waals surface area contributed by atoms with Gasteiger partial charge >= 0.3 is 0 Å². The number of carbonyl (C=O) groups is 1. The molecule has 0 atom stereocenters. The highest BCUT2D eigenvalue weighted by Gasteiger charge is 2.33. The van der Waals surface area contributed by atoms with Gasteiger partial charge in [0.1, 0.15) is 11.5 Å². The largest absolute Gasteiger partial charge is 0.378 e. The molecule has 3 aromatic rings. The molecule has 4 rings (SSSR count). The number of amides is 1. The first-order chi connectivity index (χ1) is 14.4. The molecule has 30 heavy (non-hydrogen) atoms. The maximum absolute atomic E-state index is 13.4. The van der Waals surface area contributed by atoms with E-state index in [0.717, 1.165) is 28.1 Å². The van der Waals surface area contributed by atoms with Crippen LogP contribution in [0.15, 0.2) is 83.5 Å². The van der Waals surface area contributed by atoms with Crippen molar-refractivity contribution in [1.29, 1.82) is 0 Å². The molecule has 1 heterocycles. The molecule has 4 nitrogen and oxygen atoms in total. The fourth-order valence-electron chi connectivity index (χ4n) is 3.30. The second-order valence-corrected chi connectivity index (χ2v) is 7.81. The lowest BCUT2D eigenvalue weighted by molar-refractivity contribution is -0.113. The van der Waals surface area contributed by atoms with Crippen molar-refractivity contribution in [2.45, 2.75) is 6.92 Å². The molecule has 5 heteroatoms. The van der Waals surface area contributed by atoms with E-state index in [1.54, 1.807) is 11.0 Å². The third-order valence-electron chi connectivity index (χ3n) is 4.98. The van der Waals surface area contributed by atoms with Crippen molar-refractivity contribution >= 4 is 40.8 Å². The molecule has 150 valence electrons. The Morgan fingerprint density at radius 2 is 1.60 bits per heavy atom. The minimum absolute atomic E-state index is 0.176. The summed E-state index contributed by atoms with van der Waals surface area (Å²) in [5, 5.41) is 0.553. The van der Waals surface area contributed by atoms with Gasteiger partial charge in [0, 0.05) is 25.3 Å². The molecule has 3 aromatic carbocycles. The van der Waals surface area contributed by atoms with Crippen LogP contribution in [0.1, 0.15) is 16.7 Å². The Bertz CT molecular complexity index is 1150. The van der Waals surface area contributed by atoms with Gasteiger partial charge in [0.05, 0.1) is 10.7 Å². The van der Waals surface area contributed by atoms with Crippen molar-refractivity contribution < 1.29 is 4.79 Å². The monoisotopic (exact) mass is 415 g/mol. The Morgan fingerprint density at radius 3 is 2.23 bits per heavy atom. The van der Waals surface area contributed by atoms with E-state index in [4.69, 9.17) is 16.6 Å². The maximum Gasteiger partial charge on any atom is 0.282 e. The number of nitrogens with zero attached hydrogens (tertiary/aromatic N) is 3. The van der Waals surface area contributed by atoms with Crippen molar-refractivity contribution in [3.63, 3.8) is 0 Å². The Labute approximate surface area is 181 Å². The topological polar surface area (TPSA) is 35.9 Å². The van der Waals surface area contributed by atoms with E-state index < -0.39 is 0 Å². The van der Waals surface area contributed by atoms with E-state index in [2.05, 4.69) is 0 Å². The normalized spacial score (nSPS) is 14.9. The van der Waals surface area contributed by atoms with Crippen LogP contribution in [0, 0.1) is 6.92 Å². The molecule has 0 fully saturated rings. The quantitative estimate of drug-likeness (QED) is 0.524. The number of rotatable bonds is 4. The summed E-state index contributed by atoms with van der Waals surface area (Å²) in [6.45, 7) is 2.02. The fraction of sp³-hybridized carbons (Fsp3) is 0.120. The van der Waals surface area contributed by atoms with Gasteiger partial charge in [0.25, 0.3) is 5.91 Å². The average Bonchev–Trinajstić information content (AvgIpc) is 3.05. The summed E-state index contributed by atoms with van der Waals surface area (Å²) in [4.78, 5) is 21.7. The van der Waals surface area contributed by atoms with Gasteiger partial charge in [-0.2, -0.15) is 0 Å². The van der Waals surface area contributed by atoms with Crippen LogP contribution in [-0.4, -0.2) is 25.8 Å². The molecule has 1 aliphatic heterocycles. The van der Waals surface area contributed by atoms with Gasteiger partial charge in [-0.15, -0.1) is 0 Å². The van der Waals surface area contributed by atoms with Crippen LogP contribution in [0.5, 0.6) is 0 Å². The standard InChI is InChI=1S/C25H22ClN3O/c1-17-8-12-20(13-9-17)29-24(21-6-4-5-7-22(21)26)27-23(25(29)30)16-18-10-14-19(15-11-18)28(2)3/h4-16H,1-3H3/b23-16+. The van der Waals surface area contributed by atoms with Crippen LogP contribution in [0.25, 0.3) is 6.08 Å². The molecule has 1 amide bonds. The van der Waals surface area contributed by atoms with Crippen molar-refractivity contribution in [1.82, 2.24) is 0 Å². The van der Waals surface area contributed by atoms with Crippen molar-refractivity contribution in [2.24, 2.45) is 4.99 Å². The van der Waals surface area contributed by atoms with Gasteiger partial charge in [-0.05, 0) is 55.0 Å². The molecule has 1 aliphatic rings. The second-order valence-electron chi connectivity index (χ2n) is 7.41. The summed E-state index contributed by atoms with van der Waals surface area (Å²) in [5.41, 5.74) is 4.99. The van der Waals surface area contributed by atoms with Gasteiger partial charge in [0.15, 0.2) is 0 Å². The Morgan fingerprint density at radius 1 is 0.933 bits per heavy atom. The molecule has 0 saturated carbocycles. The highest BCUT2D eigenvalue weighted by molar-refractivity contribution is 6.39. The number of amidine groups is 1. The number of carbonyl (C=O) groups excluding carboxylic acids is 1. The molecule has 0 aromatic heterocycles. The van der Waals surface area contributed by atoms with Crippen LogP contribution in [0.2, 0.25) is 5.02 Å². The molecule has 0 bridgehead atoms. The van der Waals surface area contributed by atoms with Crippen LogP contribution in [0.4, 0.5) is 11.4 Å². The first-order valence-electron chi connectivity index (χ1n) is 9.68. The number of anilines is 2. The second kappa shape index (κ2) is 8.17. The summed E-state index contributed by atoms with van der Waals surface area (Å²) in [7, 11) is 3.99. The molecular formula is C25H22ClN3O. The lowest BCUT2D eigenvalue weighted by Gasteiger charge is -2.19. The minimum Gasteiger partial charge on any atom is -0.378 e. The Kier molecular flexibility index (Phi) is 5.42. The van der Waals surface area contributed by atoms with E-state index in [1.807, 2.05) is 98.7 Å². The van der Waals surface area contributed by atoms with E-state index in [1.165, 1.54) is 0 Å². The third kappa shape index (κ3) is 3.87. The number of aliphatic imine (C=N–C) groups is 1. The predicted octanol–water partition coefficient (Wildman–Crippen LogP) is 5.55. The molecular weight excluding hydrogens is 394 g/mol. The van der Waals surface area contributed by atoms with Crippen LogP contribution >= 0.6 is 11.6 Å². The smallest absolute Gasteiger partial charge is 0.282 e. The van der Waals surface area contributed by atoms with E-state index in [9.17, 15) is 4.79 Å². The maximum atomic E-state index is 13.4. The Hall–Kier alpha value is -3.37. The molecule has 0 saturated heterocycles. The zero-order valence-corrected chi connectivity index (χ0v) is 17.9. The van der Waals surface area contributed by atoms with Gasteiger partial charge in [-0.3, -0.25) is 9.69 Å². The van der Waals surface area contributed by atoms with Crippen molar-refractivity contribution in [2.75, 3.05) is 23.9 Å². The minimum atomic E-state index is -0.176. The predicted molar refractivity (Wildman–Crippen MR) is 125 cm³/mol. The molecule has 0 N–H and O–H groups in total. The number of aryl methyl sites for hydroxylation is 1. The SMILES string of the molecule is Cc1ccc(N2C(=O)/C(=C\c3ccc(N(C)C)cc3)N=C2c2ccccc2Cl)cc1. The first kappa shape index (κ1) is 19.9. The van der Waals surface area contributed by atoms with Crippen LogP contribution in [-0.2, 0) is 4.79 Å². The number of hydrogen-bond acceptors (Lipinski definition) is 3.